The van der Waals surface area contributed by atoms with Crippen molar-refractivity contribution >= 4 is 29.3 Å². The first-order valence-electron chi connectivity index (χ1n) is 7.32. The van der Waals surface area contributed by atoms with Gasteiger partial charge in [-0.1, -0.05) is 25.3 Å². The number of esters is 1. The maximum absolute atomic E-state index is 12.7. The van der Waals surface area contributed by atoms with E-state index in [1.165, 1.54) is 13.5 Å². The number of nitrogens with one attached hydrogen (secondary N) is 1. The van der Waals surface area contributed by atoms with Gasteiger partial charge in [-0.3, -0.25) is 4.79 Å². The Kier molecular flexibility index (Phi) is 3.93. The van der Waals surface area contributed by atoms with Crippen molar-refractivity contribution in [1.29, 1.82) is 0 Å². The maximum atomic E-state index is 12.7. The lowest BCUT2D eigenvalue weighted by Gasteiger charge is -2.33. The fraction of sp³-hybridized carbons (Fsp3) is 0.500. The fourth-order valence-corrected chi connectivity index (χ4v) is 4.61. The SMILES string of the molecule is COC(=O)c1cccc2c1SCC1(CCCCC1)C(=O)N2. The van der Waals surface area contributed by atoms with Crippen LogP contribution >= 0.6 is 11.8 Å². The maximum Gasteiger partial charge on any atom is 0.339 e. The Hall–Kier alpha value is -1.49. The van der Waals surface area contributed by atoms with Crippen molar-refractivity contribution in [3.05, 3.63) is 23.8 Å². The molecule has 1 aliphatic heterocycles. The minimum Gasteiger partial charge on any atom is -0.465 e. The molecule has 1 fully saturated rings. The molecule has 5 heteroatoms. The van der Waals surface area contributed by atoms with E-state index in [2.05, 4.69) is 5.32 Å². The summed E-state index contributed by atoms with van der Waals surface area (Å²) in [5.41, 5.74) is 0.985. The molecule has 0 saturated heterocycles. The highest BCUT2D eigenvalue weighted by atomic mass is 32.2. The summed E-state index contributed by atoms with van der Waals surface area (Å²) in [5, 5.41) is 3.03. The number of carbonyl (C=O) groups is 2. The highest BCUT2D eigenvalue weighted by Gasteiger charge is 2.42. The number of anilines is 1. The van der Waals surface area contributed by atoms with Gasteiger partial charge < -0.3 is 10.1 Å². The van der Waals surface area contributed by atoms with Crippen molar-refractivity contribution in [2.45, 2.75) is 37.0 Å². The number of benzene rings is 1. The second kappa shape index (κ2) is 5.72. The lowest BCUT2D eigenvalue weighted by atomic mass is 9.75. The average molecular weight is 305 g/mol. The molecule has 0 atom stereocenters. The van der Waals surface area contributed by atoms with E-state index in [9.17, 15) is 9.59 Å². The van der Waals surface area contributed by atoms with Gasteiger partial charge in [0.2, 0.25) is 5.91 Å². The zero-order valence-corrected chi connectivity index (χ0v) is 12.9. The van der Waals surface area contributed by atoms with Gasteiger partial charge in [0.25, 0.3) is 0 Å². The zero-order valence-electron chi connectivity index (χ0n) is 12.1. The average Bonchev–Trinajstić information content (AvgIpc) is 2.65. The predicted octanol–water partition coefficient (Wildman–Crippen LogP) is 3.47. The number of fused-ring (bicyclic) bond motifs is 1. The lowest BCUT2D eigenvalue weighted by Crippen LogP contribution is -2.39. The zero-order chi connectivity index (χ0) is 14.9. The summed E-state index contributed by atoms with van der Waals surface area (Å²) in [7, 11) is 1.38. The van der Waals surface area contributed by atoms with E-state index < -0.39 is 0 Å². The normalized spacial score (nSPS) is 20.3. The second-order valence-electron chi connectivity index (χ2n) is 5.76. The van der Waals surface area contributed by atoms with Crippen molar-refractivity contribution in [2.24, 2.45) is 5.41 Å². The number of thioether (sulfide) groups is 1. The molecule has 0 bridgehead atoms. The molecule has 1 saturated carbocycles. The Balaban J connectivity index is 1.96. The molecular weight excluding hydrogens is 286 g/mol. The summed E-state index contributed by atoms with van der Waals surface area (Å²) in [6.45, 7) is 0. The molecule has 112 valence electrons. The Morgan fingerprint density at radius 2 is 2.05 bits per heavy atom. The minimum atomic E-state index is -0.354. The van der Waals surface area contributed by atoms with E-state index in [1.807, 2.05) is 6.07 Å². The summed E-state index contributed by atoms with van der Waals surface area (Å²) in [6.07, 6.45) is 5.29. The molecule has 0 unspecified atom stereocenters. The van der Waals surface area contributed by atoms with Gasteiger partial charge in [0.15, 0.2) is 0 Å². The number of ether oxygens (including phenoxy) is 1. The van der Waals surface area contributed by atoms with Crippen LogP contribution in [0.15, 0.2) is 23.1 Å². The molecule has 21 heavy (non-hydrogen) atoms. The van der Waals surface area contributed by atoms with E-state index in [0.717, 1.165) is 42.0 Å². The molecule has 1 amide bonds. The van der Waals surface area contributed by atoms with Crippen LogP contribution in [-0.2, 0) is 9.53 Å². The van der Waals surface area contributed by atoms with E-state index in [4.69, 9.17) is 4.74 Å². The van der Waals surface area contributed by atoms with Crippen molar-refractivity contribution in [1.82, 2.24) is 0 Å². The van der Waals surface area contributed by atoms with Gasteiger partial charge in [-0.2, -0.15) is 0 Å². The number of amides is 1. The van der Waals surface area contributed by atoms with Gasteiger partial charge in [0, 0.05) is 10.6 Å². The topological polar surface area (TPSA) is 55.4 Å². The van der Waals surface area contributed by atoms with E-state index in [-0.39, 0.29) is 17.3 Å². The summed E-state index contributed by atoms with van der Waals surface area (Å²) >= 11 is 1.60. The van der Waals surface area contributed by atoms with Crippen molar-refractivity contribution < 1.29 is 14.3 Å². The van der Waals surface area contributed by atoms with Crippen LogP contribution in [0.3, 0.4) is 0 Å². The molecule has 1 aromatic rings. The lowest BCUT2D eigenvalue weighted by molar-refractivity contribution is -0.126. The van der Waals surface area contributed by atoms with Crippen LogP contribution in [0.25, 0.3) is 0 Å². The largest absolute Gasteiger partial charge is 0.465 e. The van der Waals surface area contributed by atoms with Crippen LogP contribution in [-0.4, -0.2) is 24.7 Å². The molecular formula is C16H19NO3S. The highest BCUT2D eigenvalue weighted by Crippen LogP contribution is 2.46. The molecule has 1 aliphatic carbocycles. The Labute approximate surface area is 128 Å². The number of carbonyl (C=O) groups excluding carboxylic acids is 2. The van der Waals surface area contributed by atoms with E-state index in [0.29, 0.717) is 5.56 Å². The molecule has 1 heterocycles. The smallest absolute Gasteiger partial charge is 0.339 e. The summed E-state index contributed by atoms with van der Waals surface area (Å²) < 4.78 is 4.84. The molecule has 1 aromatic carbocycles. The van der Waals surface area contributed by atoms with Crippen LogP contribution in [0, 0.1) is 5.41 Å². The Bertz CT molecular complexity index is 579. The van der Waals surface area contributed by atoms with Crippen molar-refractivity contribution in [3.8, 4) is 0 Å². The quantitative estimate of drug-likeness (QED) is 0.807. The third-order valence-corrected chi connectivity index (χ3v) is 5.88. The van der Waals surface area contributed by atoms with Gasteiger partial charge in [-0.15, -0.1) is 11.8 Å². The van der Waals surface area contributed by atoms with Gasteiger partial charge in [-0.05, 0) is 25.0 Å². The number of hydrogen-bond acceptors (Lipinski definition) is 4. The molecule has 2 aliphatic rings. The van der Waals surface area contributed by atoms with Gasteiger partial charge in [0.05, 0.1) is 23.8 Å². The third kappa shape index (κ3) is 2.55. The first-order valence-corrected chi connectivity index (χ1v) is 8.30. The van der Waals surface area contributed by atoms with Crippen LogP contribution in [0.5, 0.6) is 0 Å². The number of rotatable bonds is 1. The minimum absolute atomic E-state index is 0.107. The van der Waals surface area contributed by atoms with Crippen LogP contribution < -0.4 is 5.32 Å². The molecule has 4 nitrogen and oxygen atoms in total. The van der Waals surface area contributed by atoms with Crippen molar-refractivity contribution in [3.63, 3.8) is 0 Å². The van der Waals surface area contributed by atoms with Gasteiger partial charge >= 0.3 is 5.97 Å². The molecule has 1 spiro atoms. The number of methoxy groups -OCH3 is 1. The standard InChI is InChI=1S/C16H19NO3S/c1-20-14(18)11-6-5-7-12-13(11)21-10-16(15(19)17-12)8-3-2-4-9-16/h5-7H,2-4,8-10H2,1H3,(H,17,19). The summed E-state index contributed by atoms with van der Waals surface area (Å²) in [4.78, 5) is 25.4. The van der Waals surface area contributed by atoms with Gasteiger partial charge in [0.1, 0.15) is 0 Å². The Morgan fingerprint density at radius 3 is 2.76 bits per heavy atom. The highest BCUT2D eigenvalue weighted by molar-refractivity contribution is 7.99. The Morgan fingerprint density at radius 1 is 1.29 bits per heavy atom. The van der Waals surface area contributed by atoms with E-state index in [1.54, 1.807) is 23.9 Å². The fourth-order valence-electron chi connectivity index (χ4n) is 3.19. The van der Waals surface area contributed by atoms with Crippen molar-refractivity contribution in [2.75, 3.05) is 18.2 Å². The van der Waals surface area contributed by atoms with E-state index >= 15 is 0 Å². The first kappa shape index (κ1) is 14.4. The van der Waals surface area contributed by atoms with Crippen LogP contribution in [0.1, 0.15) is 42.5 Å². The summed E-state index contributed by atoms with van der Waals surface area (Å²) in [5.74, 6) is 0.489. The van der Waals surface area contributed by atoms with Crippen LogP contribution in [0.2, 0.25) is 0 Å². The third-order valence-electron chi connectivity index (χ3n) is 4.45. The molecule has 0 radical (unpaired) electrons. The van der Waals surface area contributed by atoms with Crippen LogP contribution in [0.4, 0.5) is 5.69 Å². The first-order chi connectivity index (χ1) is 10.2. The number of hydrogen-bond donors (Lipinski definition) is 1. The monoisotopic (exact) mass is 305 g/mol. The van der Waals surface area contributed by atoms with Gasteiger partial charge in [-0.25, -0.2) is 4.79 Å². The summed E-state index contributed by atoms with van der Waals surface area (Å²) in [6, 6.07) is 5.39. The molecule has 0 aromatic heterocycles. The second-order valence-corrected chi connectivity index (χ2v) is 6.74. The molecule has 3 rings (SSSR count). The molecule has 1 N–H and O–H groups in total. The predicted molar refractivity (Wildman–Crippen MR) is 82.7 cm³/mol.